The van der Waals surface area contributed by atoms with Gasteiger partial charge in [-0.05, 0) is 45.0 Å². The third-order valence-electron chi connectivity index (χ3n) is 4.37. The highest BCUT2D eigenvalue weighted by atomic mass is 16.6. The van der Waals surface area contributed by atoms with Crippen molar-refractivity contribution in [1.29, 1.82) is 0 Å². The number of para-hydroxylation sites is 1. The maximum Gasteiger partial charge on any atom is 0.379 e. The smallest absolute Gasteiger partial charge is 0.379 e. The molecule has 2 heterocycles. The first-order chi connectivity index (χ1) is 14.8. The summed E-state index contributed by atoms with van der Waals surface area (Å²) in [6.45, 7) is 4.41. The summed E-state index contributed by atoms with van der Waals surface area (Å²) in [6, 6.07) is 9.75. The van der Waals surface area contributed by atoms with Crippen LogP contribution in [0.5, 0.6) is 5.75 Å². The van der Waals surface area contributed by atoms with Gasteiger partial charge < -0.3 is 9.15 Å². The van der Waals surface area contributed by atoms with Crippen molar-refractivity contribution in [3.05, 3.63) is 75.5 Å². The third kappa shape index (κ3) is 4.83. The number of amides is 1. The molecule has 11 nitrogen and oxygen atoms in total. The Bertz CT molecular complexity index is 1160. The maximum atomic E-state index is 12.3. The minimum atomic E-state index is -0.666. The number of carbonyl (C=O) groups excluding carboxylic acids is 2. The van der Waals surface area contributed by atoms with Crippen LogP contribution in [0.25, 0.3) is 0 Å². The summed E-state index contributed by atoms with van der Waals surface area (Å²) in [7, 11) is 0. The number of aromatic nitrogens is 2. The van der Waals surface area contributed by atoms with Crippen LogP contribution < -0.4 is 10.2 Å². The predicted molar refractivity (Wildman–Crippen MR) is 109 cm³/mol. The standard InChI is InChI=1S/C20H19N5O6/c1-12(15-7-4-5-8-16(15)31-20(27)17-9-6-10-30-17)21-22-18(26)11-24-14(3)19(25(28)29)13(2)23-24/h4-10H,11H2,1-3H3,(H,22,26)/b21-12+. The van der Waals surface area contributed by atoms with Crippen molar-refractivity contribution in [1.82, 2.24) is 15.2 Å². The van der Waals surface area contributed by atoms with Crippen LogP contribution in [0, 0.1) is 24.0 Å². The number of nitrogens with zero attached hydrogens (tertiary/aromatic N) is 4. The van der Waals surface area contributed by atoms with Crippen LogP contribution in [-0.4, -0.2) is 32.3 Å². The normalized spacial score (nSPS) is 11.3. The molecule has 1 N–H and O–H groups in total. The van der Waals surface area contributed by atoms with Crippen LogP contribution in [0.2, 0.25) is 0 Å². The molecule has 0 fully saturated rings. The van der Waals surface area contributed by atoms with Gasteiger partial charge in [-0.2, -0.15) is 10.2 Å². The Morgan fingerprint density at radius 2 is 2.00 bits per heavy atom. The lowest BCUT2D eigenvalue weighted by molar-refractivity contribution is -0.386. The van der Waals surface area contributed by atoms with Gasteiger partial charge in [0, 0.05) is 5.56 Å². The highest BCUT2D eigenvalue weighted by Gasteiger charge is 2.22. The number of benzene rings is 1. The first kappa shape index (κ1) is 21.4. The van der Waals surface area contributed by atoms with E-state index in [4.69, 9.17) is 9.15 Å². The summed E-state index contributed by atoms with van der Waals surface area (Å²) in [5, 5.41) is 19.2. The summed E-state index contributed by atoms with van der Waals surface area (Å²) in [5.74, 6) is -0.893. The number of furan rings is 1. The molecule has 0 atom stereocenters. The lowest BCUT2D eigenvalue weighted by atomic mass is 10.1. The van der Waals surface area contributed by atoms with Crippen LogP contribution in [-0.2, 0) is 11.3 Å². The van der Waals surface area contributed by atoms with Crippen molar-refractivity contribution >= 4 is 23.3 Å². The van der Waals surface area contributed by atoms with E-state index in [-0.39, 0.29) is 35.1 Å². The molecule has 11 heteroatoms. The second-order valence-corrected chi connectivity index (χ2v) is 6.53. The van der Waals surface area contributed by atoms with E-state index in [1.165, 1.54) is 30.9 Å². The SMILES string of the molecule is C/C(=N\NC(=O)Cn1nc(C)c([N+](=O)[O-])c1C)c1ccccc1OC(=O)c1ccco1. The van der Waals surface area contributed by atoms with Crippen molar-refractivity contribution in [2.24, 2.45) is 5.10 Å². The molecule has 1 amide bonds. The zero-order chi connectivity index (χ0) is 22.5. The average Bonchev–Trinajstić information content (AvgIpc) is 3.35. The Kier molecular flexibility index (Phi) is 6.24. The molecule has 3 rings (SSSR count). The fourth-order valence-corrected chi connectivity index (χ4v) is 2.88. The Labute approximate surface area is 176 Å². The molecular weight excluding hydrogens is 406 g/mol. The molecule has 31 heavy (non-hydrogen) atoms. The van der Waals surface area contributed by atoms with Crippen molar-refractivity contribution in [2.45, 2.75) is 27.3 Å². The van der Waals surface area contributed by atoms with Gasteiger partial charge in [0.2, 0.25) is 5.76 Å². The number of hydrogen-bond donors (Lipinski definition) is 1. The van der Waals surface area contributed by atoms with Crippen molar-refractivity contribution in [2.75, 3.05) is 0 Å². The molecule has 0 radical (unpaired) electrons. The number of ether oxygens (including phenoxy) is 1. The number of rotatable bonds is 7. The minimum Gasteiger partial charge on any atom is -0.457 e. The van der Waals surface area contributed by atoms with E-state index in [2.05, 4.69) is 15.6 Å². The van der Waals surface area contributed by atoms with Gasteiger partial charge in [0.25, 0.3) is 5.91 Å². The predicted octanol–water partition coefficient (Wildman–Crippen LogP) is 2.76. The molecule has 0 aliphatic carbocycles. The number of carbonyl (C=O) groups is 2. The van der Waals surface area contributed by atoms with E-state index < -0.39 is 16.8 Å². The quantitative estimate of drug-likeness (QED) is 0.202. The van der Waals surface area contributed by atoms with Gasteiger partial charge in [-0.3, -0.25) is 19.6 Å². The second kappa shape index (κ2) is 9.03. The van der Waals surface area contributed by atoms with Crippen LogP contribution >= 0.6 is 0 Å². The summed E-state index contributed by atoms with van der Waals surface area (Å²) < 4.78 is 11.6. The summed E-state index contributed by atoms with van der Waals surface area (Å²) in [6.07, 6.45) is 1.36. The van der Waals surface area contributed by atoms with Crippen molar-refractivity contribution < 1.29 is 23.7 Å². The molecule has 0 aliphatic heterocycles. The van der Waals surface area contributed by atoms with Gasteiger partial charge in [-0.25, -0.2) is 10.2 Å². The van der Waals surface area contributed by atoms with Crippen LogP contribution in [0.4, 0.5) is 5.69 Å². The monoisotopic (exact) mass is 425 g/mol. The zero-order valence-corrected chi connectivity index (χ0v) is 17.0. The average molecular weight is 425 g/mol. The molecule has 3 aromatic rings. The molecule has 160 valence electrons. The molecule has 0 aliphatic rings. The first-order valence-corrected chi connectivity index (χ1v) is 9.14. The molecule has 0 saturated carbocycles. The van der Waals surface area contributed by atoms with Gasteiger partial charge in [-0.1, -0.05) is 12.1 Å². The lowest BCUT2D eigenvalue weighted by Gasteiger charge is -2.09. The molecular formula is C20H19N5O6. The Morgan fingerprint density at radius 3 is 2.65 bits per heavy atom. The third-order valence-corrected chi connectivity index (χ3v) is 4.37. The Hall–Kier alpha value is -4.28. The van der Waals surface area contributed by atoms with E-state index >= 15 is 0 Å². The molecule has 0 saturated heterocycles. The molecule has 0 unspecified atom stereocenters. The van der Waals surface area contributed by atoms with Gasteiger partial charge in [0.15, 0.2) is 0 Å². The number of aryl methyl sites for hydroxylation is 1. The lowest BCUT2D eigenvalue weighted by Crippen LogP contribution is -2.25. The van der Waals surface area contributed by atoms with Crippen LogP contribution in [0.3, 0.4) is 0 Å². The molecule has 0 spiro atoms. The highest BCUT2D eigenvalue weighted by molar-refractivity contribution is 6.02. The largest absolute Gasteiger partial charge is 0.457 e. The highest BCUT2D eigenvalue weighted by Crippen LogP contribution is 2.22. The number of nitrogens with one attached hydrogen (secondary N) is 1. The minimum absolute atomic E-state index is 0.0525. The van der Waals surface area contributed by atoms with Crippen LogP contribution in [0.1, 0.15) is 34.4 Å². The molecule has 1 aromatic carbocycles. The van der Waals surface area contributed by atoms with Gasteiger partial charge in [-0.15, -0.1) is 0 Å². The maximum absolute atomic E-state index is 12.3. The van der Waals surface area contributed by atoms with Crippen molar-refractivity contribution in [3.8, 4) is 5.75 Å². The van der Waals surface area contributed by atoms with E-state index in [1.54, 1.807) is 37.3 Å². The number of nitro groups is 1. The van der Waals surface area contributed by atoms with Gasteiger partial charge in [0.05, 0.1) is 16.9 Å². The Balaban J connectivity index is 1.71. The van der Waals surface area contributed by atoms with E-state index in [9.17, 15) is 19.7 Å². The number of hydrazone groups is 1. The summed E-state index contributed by atoms with van der Waals surface area (Å²) in [4.78, 5) is 35.0. The fourth-order valence-electron chi connectivity index (χ4n) is 2.88. The zero-order valence-electron chi connectivity index (χ0n) is 17.0. The summed E-state index contributed by atoms with van der Waals surface area (Å²) >= 11 is 0. The fraction of sp³-hybridized carbons (Fsp3) is 0.200. The van der Waals surface area contributed by atoms with Crippen LogP contribution in [0.15, 0.2) is 52.2 Å². The topological polar surface area (TPSA) is 142 Å². The number of esters is 1. The first-order valence-electron chi connectivity index (χ1n) is 9.14. The van der Waals surface area contributed by atoms with Gasteiger partial charge in [0.1, 0.15) is 23.7 Å². The van der Waals surface area contributed by atoms with E-state index in [0.29, 0.717) is 11.3 Å². The van der Waals surface area contributed by atoms with Gasteiger partial charge >= 0.3 is 11.7 Å². The van der Waals surface area contributed by atoms with E-state index in [1.807, 2.05) is 0 Å². The van der Waals surface area contributed by atoms with E-state index in [0.717, 1.165) is 0 Å². The molecule has 0 bridgehead atoms. The second-order valence-electron chi connectivity index (χ2n) is 6.53. The number of hydrogen-bond acceptors (Lipinski definition) is 8. The van der Waals surface area contributed by atoms with Crippen molar-refractivity contribution in [3.63, 3.8) is 0 Å². The summed E-state index contributed by atoms with van der Waals surface area (Å²) in [5.41, 5.74) is 3.63. The Morgan fingerprint density at radius 1 is 1.26 bits per heavy atom. The molecule has 2 aromatic heterocycles.